The van der Waals surface area contributed by atoms with Gasteiger partial charge in [-0.25, -0.2) is 0 Å². The molecule has 1 aromatic rings. The molecule has 0 aliphatic carbocycles. The van der Waals surface area contributed by atoms with Gasteiger partial charge < -0.3 is 34.4 Å². The van der Waals surface area contributed by atoms with Crippen molar-refractivity contribution in [3.8, 4) is 0 Å². The van der Waals surface area contributed by atoms with Gasteiger partial charge in [0.1, 0.15) is 17.7 Å². The summed E-state index contributed by atoms with van der Waals surface area (Å²) in [5.41, 5.74) is -0.594. The van der Waals surface area contributed by atoms with Crippen molar-refractivity contribution in [1.82, 2.24) is 15.1 Å². The van der Waals surface area contributed by atoms with Crippen LogP contribution in [0, 0.1) is 17.8 Å². The van der Waals surface area contributed by atoms with Crippen LogP contribution >= 0.6 is 0 Å². The van der Waals surface area contributed by atoms with Crippen LogP contribution in [0.25, 0.3) is 0 Å². The van der Waals surface area contributed by atoms with Gasteiger partial charge in [-0.2, -0.15) is 0 Å². The van der Waals surface area contributed by atoms with Crippen LogP contribution in [0.1, 0.15) is 83.8 Å². The zero-order chi connectivity index (χ0) is 36.4. The number of nitrogens with zero attached hydrogens (tertiary/aromatic N) is 2. The van der Waals surface area contributed by atoms with Gasteiger partial charge in [0.2, 0.25) is 17.7 Å². The van der Waals surface area contributed by atoms with E-state index in [-0.39, 0.29) is 43.3 Å². The first kappa shape index (κ1) is 39.2. The number of hydrogen-bond donors (Lipinski definition) is 2. The number of aliphatic hydroxyl groups excluding tert-OH is 1. The van der Waals surface area contributed by atoms with Crippen LogP contribution in [0.5, 0.6) is 0 Å². The summed E-state index contributed by atoms with van der Waals surface area (Å²) in [7, 11) is 1.51. The molecule has 1 spiro atoms. The second-order valence-electron chi connectivity index (χ2n) is 13.9. The van der Waals surface area contributed by atoms with Crippen LogP contribution in [-0.2, 0) is 33.4 Å². The second kappa shape index (κ2) is 18.1. The number of methoxy groups -OCH3 is 1. The lowest BCUT2D eigenvalue weighted by Crippen LogP contribution is -2.59. The zero-order valence-electron chi connectivity index (χ0n) is 30.3. The molecule has 2 bridgehead atoms. The molecule has 0 unspecified atom stereocenters. The van der Waals surface area contributed by atoms with Crippen LogP contribution < -0.4 is 5.32 Å². The second-order valence-corrected chi connectivity index (χ2v) is 13.9. The van der Waals surface area contributed by atoms with Crippen molar-refractivity contribution in [2.75, 3.05) is 33.4 Å². The van der Waals surface area contributed by atoms with Crippen LogP contribution in [0.15, 0.2) is 55.6 Å². The number of allylic oxidation sites excluding steroid dienone is 1. The van der Waals surface area contributed by atoms with E-state index in [4.69, 9.17) is 14.2 Å². The van der Waals surface area contributed by atoms with E-state index in [9.17, 15) is 24.3 Å². The number of fused-ring (bicyclic) bond motifs is 1. The van der Waals surface area contributed by atoms with Crippen molar-refractivity contribution < 1.29 is 38.5 Å². The van der Waals surface area contributed by atoms with E-state index in [0.717, 1.165) is 19.3 Å². The molecule has 3 saturated heterocycles. The number of rotatable bonds is 21. The summed E-state index contributed by atoms with van der Waals surface area (Å²) in [6, 6.07) is 6.75. The summed E-state index contributed by atoms with van der Waals surface area (Å²) >= 11 is 0. The molecule has 3 heterocycles. The van der Waals surface area contributed by atoms with E-state index in [2.05, 4.69) is 25.4 Å². The monoisotopic (exact) mass is 695 g/mol. The highest BCUT2D eigenvalue weighted by atomic mass is 16.6. The lowest BCUT2D eigenvalue weighted by molar-refractivity contribution is -0.164. The highest BCUT2D eigenvalue weighted by Crippen LogP contribution is 2.59. The van der Waals surface area contributed by atoms with Crippen molar-refractivity contribution in [3.05, 3.63) is 61.2 Å². The number of carbonyl (C=O) groups excluding carboxylic acids is 4. The predicted octanol–water partition coefficient (Wildman–Crippen LogP) is 4.35. The average molecular weight is 696 g/mol. The quantitative estimate of drug-likeness (QED) is 0.110. The molecular weight excluding hydrogens is 638 g/mol. The summed E-state index contributed by atoms with van der Waals surface area (Å²) < 4.78 is 18.5. The van der Waals surface area contributed by atoms with E-state index < -0.39 is 53.7 Å². The molecule has 2 N–H and O–H groups in total. The normalized spacial score (nSPS) is 26.1. The number of nitrogens with one attached hydrogen (secondary N) is 1. The maximum Gasteiger partial charge on any atom is 0.313 e. The van der Waals surface area contributed by atoms with Gasteiger partial charge in [0.15, 0.2) is 0 Å². The number of esters is 1. The van der Waals surface area contributed by atoms with Crippen LogP contribution in [0.2, 0.25) is 0 Å². The first-order valence-corrected chi connectivity index (χ1v) is 18.3. The SMILES string of the molecule is C=CCCC(=O)N[C@H](COC)[C@H](OC(=O)[C@@H]1[C@H]2C(=O)N([C@@H](CO)[C@@H](C)CC)[C@H](C(=O)N(CC=C)CCCCC)[C@]23CC[C@H]1O3)c1ccccc1. The standard InChI is InChI=1S/C39H57N3O8/c1-7-11-16-23-41(22-9-3)37(46)35-39-21-20-30(50-39)32(33(39)36(45)42(35)29(24-43)26(5)10-4)38(47)49-34(27-17-14-13-15-18-27)28(25-48-6)40-31(44)19-12-8-2/h8-9,13-15,17-18,26,28-30,32-35,43H,2-3,7,10-12,16,19-25H2,1,4-6H3,(H,40,44)/t26-,28+,29-,30+,32-,33-,34+,35+,39-/m0/s1. The first-order valence-electron chi connectivity index (χ1n) is 18.3. The number of amides is 3. The molecule has 3 amide bonds. The van der Waals surface area contributed by atoms with E-state index in [0.29, 0.717) is 44.3 Å². The number of aliphatic hydroxyl groups is 1. The molecule has 50 heavy (non-hydrogen) atoms. The van der Waals surface area contributed by atoms with Gasteiger partial charge in [-0.15, -0.1) is 13.2 Å². The van der Waals surface area contributed by atoms with Crippen molar-refractivity contribution >= 4 is 23.7 Å². The highest BCUT2D eigenvalue weighted by molar-refractivity contribution is 5.98. The van der Waals surface area contributed by atoms with Gasteiger partial charge in [0.05, 0.1) is 43.2 Å². The molecule has 4 rings (SSSR count). The number of ether oxygens (including phenoxy) is 3. The minimum absolute atomic E-state index is 0.0676. The molecule has 9 atom stereocenters. The molecule has 11 heteroatoms. The molecule has 0 aromatic heterocycles. The Bertz CT molecular complexity index is 1340. The van der Waals surface area contributed by atoms with E-state index in [1.165, 1.54) is 7.11 Å². The summed E-state index contributed by atoms with van der Waals surface area (Å²) in [6.45, 7) is 14.2. The molecule has 0 saturated carbocycles. The van der Waals surface area contributed by atoms with Gasteiger partial charge in [-0.05, 0) is 37.2 Å². The molecular formula is C39H57N3O8. The molecule has 3 aliphatic rings. The minimum Gasteiger partial charge on any atom is -0.455 e. The predicted molar refractivity (Wildman–Crippen MR) is 190 cm³/mol. The third-order valence-electron chi connectivity index (χ3n) is 10.8. The number of likely N-dealkylation sites (tertiary alicyclic amines) is 1. The Balaban J connectivity index is 1.73. The molecule has 3 fully saturated rings. The van der Waals surface area contributed by atoms with Gasteiger partial charge >= 0.3 is 5.97 Å². The van der Waals surface area contributed by atoms with Crippen LogP contribution in [-0.4, -0.2) is 102 Å². The number of unbranched alkanes of at least 4 members (excludes halogenated alkanes) is 2. The van der Waals surface area contributed by atoms with Crippen molar-refractivity contribution in [2.45, 2.75) is 108 Å². The lowest BCUT2D eigenvalue weighted by Gasteiger charge is -2.41. The third-order valence-corrected chi connectivity index (χ3v) is 10.8. The maximum atomic E-state index is 14.8. The lowest BCUT2D eigenvalue weighted by atomic mass is 9.70. The van der Waals surface area contributed by atoms with E-state index in [1.807, 2.05) is 44.2 Å². The Kier molecular flexibility index (Phi) is 14.2. The summed E-state index contributed by atoms with van der Waals surface area (Å²) in [5, 5.41) is 13.7. The van der Waals surface area contributed by atoms with E-state index in [1.54, 1.807) is 22.0 Å². The fourth-order valence-electron chi connectivity index (χ4n) is 8.11. The topological polar surface area (TPSA) is 135 Å². The molecule has 0 radical (unpaired) electrons. The van der Waals surface area contributed by atoms with Gasteiger partial charge in [0, 0.05) is 26.6 Å². The Labute approximate surface area is 297 Å². The Morgan fingerprint density at radius 1 is 1.18 bits per heavy atom. The summed E-state index contributed by atoms with van der Waals surface area (Å²) in [5.74, 6) is -3.56. The molecule has 276 valence electrons. The zero-order valence-corrected chi connectivity index (χ0v) is 30.3. The van der Waals surface area contributed by atoms with Gasteiger partial charge in [-0.3, -0.25) is 19.2 Å². The Morgan fingerprint density at radius 3 is 2.54 bits per heavy atom. The van der Waals surface area contributed by atoms with Crippen molar-refractivity contribution in [2.24, 2.45) is 17.8 Å². The van der Waals surface area contributed by atoms with E-state index >= 15 is 0 Å². The average Bonchev–Trinajstić information content (AvgIpc) is 3.77. The molecule has 11 nitrogen and oxygen atoms in total. The third kappa shape index (κ3) is 8.00. The Hall–Kier alpha value is -3.54. The largest absolute Gasteiger partial charge is 0.455 e. The number of benzene rings is 1. The Morgan fingerprint density at radius 2 is 1.92 bits per heavy atom. The van der Waals surface area contributed by atoms with Gasteiger partial charge in [0.25, 0.3) is 0 Å². The van der Waals surface area contributed by atoms with Crippen LogP contribution in [0.4, 0.5) is 0 Å². The summed E-state index contributed by atoms with van der Waals surface area (Å²) in [6.07, 6.45) is 6.79. The maximum absolute atomic E-state index is 14.8. The van der Waals surface area contributed by atoms with Crippen molar-refractivity contribution in [1.29, 1.82) is 0 Å². The molecule has 3 aliphatic heterocycles. The van der Waals surface area contributed by atoms with Gasteiger partial charge in [-0.1, -0.05) is 82.5 Å². The smallest absolute Gasteiger partial charge is 0.313 e. The first-order chi connectivity index (χ1) is 24.1. The minimum atomic E-state index is -1.25. The highest BCUT2D eigenvalue weighted by Gasteiger charge is 2.76. The van der Waals surface area contributed by atoms with Crippen molar-refractivity contribution in [3.63, 3.8) is 0 Å². The fraction of sp³-hybridized carbons (Fsp3) is 0.641. The van der Waals surface area contributed by atoms with Crippen LogP contribution in [0.3, 0.4) is 0 Å². The molecule has 1 aromatic carbocycles. The number of carbonyl (C=O) groups is 4. The summed E-state index contributed by atoms with van der Waals surface area (Å²) in [4.78, 5) is 60.1. The fourth-order valence-corrected chi connectivity index (χ4v) is 8.11. The number of hydrogen-bond acceptors (Lipinski definition) is 8.